The van der Waals surface area contributed by atoms with Crippen LogP contribution >= 0.6 is 12.2 Å². The van der Waals surface area contributed by atoms with Gasteiger partial charge in [-0.25, -0.2) is 19.9 Å². The quantitative estimate of drug-likeness (QED) is 0.538. The van der Waals surface area contributed by atoms with Gasteiger partial charge in [-0.1, -0.05) is 12.2 Å². The van der Waals surface area contributed by atoms with Gasteiger partial charge in [-0.15, -0.1) is 0 Å². The molecule has 0 N–H and O–H groups in total. The highest BCUT2D eigenvalue weighted by atomic mass is 32.1. The number of hydrogen-bond donors (Lipinski definition) is 0. The molecule has 0 saturated heterocycles. The van der Waals surface area contributed by atoms with Gasteiger partial charge in [0, 0.05) is 12.4 Å². The summed E-state index contributed by atoms with van der Waals surface area (Å²) in [6.07, 6.45) is 6.22. The third-order valence-electron chi connectivity index (χ3n) is 1.63. The van der Waals surface area contributed by atoms with Crippen LogP contribution in [0.5, 0.6) is 0 Å². The summed E-state index contributed by atoms with van der Waals surface area (Å²) < 4.78 is 0. The van der Waals surface area contributed by atoms with Gasteiger partial charge in [-0.05, 0) is 12.1 Å². The molecule has 2 heterocycles. The van der Waals surface area contributed by atoms with E-state index >= 15 is 0 Å². The Morgan fingerprint density at radius 1 is 0.929 bits per heavy atom. The lowest BCUT2D eigenvalue weighted by atomic mass is 10.2. The summed E-state index contributed by atoms with van der Waals surface area (Å²) in [5, 5.41) is 0. The smallest absolute Gasteiger partial charge is 0.116 e. The Morgan fingerprint density at radius 2 is 1.43 bits per heavy atom. The fourth-order valence-electron chi connectivity index (χ4n) is 0.981. The monoisotopic (exact) mass is 202 g/mol. The van der Waals surface area contributed by atoms with Gasteiger partial charge in [-0.3, -0.25) is 0 Å². The van der Waals surface area contributed by atoms with E-state index in [1.165, 1.54) is 12.7 Å². The summed E-state index contributed by atoms with van der Waals surface area (Å²) in [6.45, 7) is 0. The highest BCUT2D eigenvalue weighted by molar-refractivity contribution is 7.81. The topological polar surface area (TPSA) is 51.6 Å². The molecule has 0 aliphatic heterocycles. The average molecular weight is 202 g/mol. The predicted octanol–water partition coefficient (Wildman–Crippen LogP) is 1.03. The van der Waals surface area contributed by atoms with Gasteiger partial charge in [-0.2, -0.15) is 0 Å². The summed E-state index contributed by atoms with van der Waals surface area (Å²) in [4.78, 5) is 16.3. The molecule has 0 radical (unpaired) electrons. The molecule has 0 aromatic carbocycles. The fourth-order valence-corrected chi connectivity index (χ4v) is 1.22. The molecule has 0 amide bonds. The molecule has 0 bridgehead atoms. The van der Waals surface area contributed by atoms with Crippen molar-refractivity contribution < 1.29 is 0 Å². The number of aromatic nitrogens is 4. The normalized spacial score (nSPS) is 9.71. The van der Waals surface area contributed by atoms with Crippen LogP contribution in [0.3, 0.4) is 0 Å². The number of nitrogens with zero attached hydrogens (tertiary/aromatic N) is 4. The Morgan fingerprint density at radius 3 is 1.79 bits per heavy atom. The van der Waals surface area contributed by atoms with Gasteiger partial charge >= 0.3 is 0 Å². The van der Waals surface area contributed by atoms with E-state index in [9.17, 15) is 0 Å². The Labute approximate surface area is 86.1 Å². The van der Waals surface area contributed by atoms with Crippen LogP contribution in [-0.4, -0.2) is 24.8 Å². The van der Waals surface area contributed by atoms with Crippen molar-refractivity contribution in [1.82, 2.24) is 19.9 Å². The molecule has 2 rings (SSSR count). The van der Waals surface area contributed by atoms with Gasteiger partial charge in [0.2, 0.25) is 0 Å². The fraction of sp³-hybridized carbons (Fsp3) is 0. The largest absolute Gasteiger partial charge is 0.245 e. The van der Waals surface area contributed by atoms with Crippen molar-refractivity contribution in [2.45, 2.75) is 0 Å². The molecule has 0 unspecified atom stereocenters. The van der Waals surface area contributed by atoms with Gasteiger partial charge in [0.1, 0.15) is 12.7 Å². The first-order valence-corrected chi connectivity index (χ1v) is 4.35. The third-order valence-corrected chi connectivity index (χ3v) is 2.05. The molecular weight excluding hydrogens is 196 g/mol. The van der Waals surface area contributed by atoms with E-state index in [1.54, 1.807) is 24.5 Å². The number of thiocarbonyl (C=S) groups is 1. The van der Waals surface area contributed by atoms with Crippen LogP contribution in [0.4, 0.5) is 0 Å². The van der Waals surface area contributed by atoms with Crippen molar-refractivity contribution in [3.63, 3.8) is 0 Å². The Bertz CT molecular complexity index is 388. The molecule has 0 aliphatic rings. The van der Waals surface area contributed by atoms with Crippen LogP contribution in [0.2, 0.25) is 0 Å². The van der Waals surface area contributed by atoms with E-state index in [1.807, 2.05) is 0 Å². The standard InChI is InChI=1S/C9H6N4S/c14-9(7-1-3-10-5-12-7)8-2-4-11-6-13-8/h1-6H. The summed E-state index contributed by atoms with van der Waals surface area (Å²) in [5.74, 6) is 0. The molecule has 2 aromatic heterocycles. The summed E-state index contributed by atoms with van der Waals surface area (Å²) in [6, 6.07) is 3.51. The lowest BCUT2D eigenvalue weighted by Gasteiger charge is -1.99. The summed E-state index contributed by atoms with van der Waals surface area (Å²) in [7, 11) is 0. The Hall–Kier alpha value is -1.75. The van der Waals surface area contributed by atoms with E-state index in [-0.39, 0.29) is 0 Å². The minimum absolute atomic E-state index is 0.606. The first-order valence-electron chi connectivity index (χ1n) is 3.94. The second kappa shape index (κ2) is 3.97. The summed E-state index contributed by atoms with van der Waals surface area (Å²) in [5.41, 5.74) is 1.41. The molecule has 5 heteroatoms. The highest BCUT2D eigenvalue weighted by Crippen LogP contribution is 2.03. The van der Waals surface area contributed by atoms with E-state index < -0.39 is 0 Å². The van der Waals surface area contributed by atoms with Crippen molar-refractivity contribution in [1.29, 1.82) is 0 Å². The van der Waals surface area contributed by atoms with E-state index in [0.29, 0.717) is 16.3 Å². The van der Waals surface area contributed by atoms with Gasteiger partial charge in [0.25, 0.3) is 0 Å². The van der Waals surface area contributed by atoms with Crippen molar-refractivity contribution in [2.75, 3.05) is 0 Å². The number of hydrogen-bond acceptors (Lipinski definition) is 5. The Kier molecular flexibility index (Phi) is 2.51. The zero-order valence-electron chi connectivity index (χ0n) is 7.16. The third kappa shape index (κ3) is 1.77. The number of rotatable bonds is 2. The molecule has 0 spiro atoms. The SMILES string of the molecule is S=C(c1ccncn1)c1ccncn1. The molecule has 0 atom stereocenters. The first kappa shape index (κ1) is 8.83. The molecule has 2 aromatic rings. The zero-order chi connectivity index (χ0) is 9.80. The molecule has 68 valence electrons. The average Bonchev–Trinajstić information content (AvgIpc) is 2.30. The lowest BCUT2D eigenvalue weighted by molar-refractivity contribution is 1.13. The predicted molar refractivity (Wildman–Crippen MR) is 54.9 cm³/mol. The van der Waals surface area contributed by atoms with Crippen molar-refractivity contribution in [2.24, 2.45) is 0 Å². The van der Waals surface area contributed by atoms with E-state index in [4.69, 9.17) is 12.2 Å². The maximum Gasteiger partial charge on any atom is 0.116 e. The minimum Gasteiger partial charge on any atom is -0.245 e. The first-order chi connectivity index (χ1) is 6.88. The lowest BCUT2D eigenvalue weighted by Crippen LogP contribution is -2.04. The minimum atomic E-state index is 0.606. The summed E-state index contributed by atoms with van der Waals surface area (Å²) >= 11 is 5.21. The van der Waals surface area contributed by atoms with Crippen LogP contribution in [0.1, 0.15) is 11.4 Å². The van der Waals surface area contributed by atoms with Crippen LogP contribution in [-0.2, 0) is 0 Å². The van der Waals surface area contributed by atoms with E-state index in [0.717, 1.165) is 0 Å². The second-order valence-corrected chi connectivity index (χ2v) is 2.93. The van der Waals surface area contributed by atoms with Gasteiger partial charge in [0.15, 0.2) is 0 Å². The molecule has 0 aliphatic carbocycles. The van der Waals surface area contributed by atoms with Crippen molar-refractivity contribution in [3.8, 4) is 0 Å². The molecular formula is C9H6N4S. The molecule has 0 fully saturated rings. The van der Waals surface area contributed by atoms with Crippen LogP contribution in [0, 0.1) is 0 Å². The molecule has 4 nitrogen and oxygen atoms in total. The van der Waals surface area contributed by atoms with Gasteiger partial charge in [0.05, 0.1) is 16.3 Å². The van der Waals surface area contributed by atoms with Crippen molar-refractivity contribution in [3.05, 3.63) is 48.6 Å². The van der Waals surface area contributed by atoms with Crippen molar-refractivity contribution >= 4 is 17.1 Å². The van der Waals surface area contributed by atoms with Gasteiger partial charge < -0.3 is 0 Å². The zero-order valence-corrected chi connectivity index (χ0v) is 7.98. The maximum absolute atomic E-state index is 5.21. The van der Waals surface area contributed by atoms with E-state index in [2.05, 4.69) is 19.9 Å². The van der Waals surface area contributed by atoms with Crippen LogP contribution in [0.15, 0.2) is 37.2 Å². The Balaban J connectivity index is 2.35. The van der Waals surface area contributed by atoms with Crippen LogP contribution < -0.4 is 0 Å². The maximum atomic E-state index is 5.21. The molecule has 0 saturated carbocycles. The molecule has 14 heavy (non-hydrogen) atoms. The highest BCUT2D eigenvalue weighted by Gasteiger charge is 2.05. The van der Waals surface area contributed by atoms with Crippen LogP contribution in [0.25, 0.3) is 0 Å². The second-order valence-electron chi connectivity index (χ2n) is 2.52.